The Labute approximate surface area is 99.2 Å². The number of carbonyl (C=O) groups excluding carboxylic acids is 2. The molecule has 1 unspecified atom stereocenters. The first-order valence-electron chi connectivity index (χ1n) is 4.91. The highest BCUT2D eigenvalue weighted by molar-refractivity contribution is 5.91. The first kappa shape index (κ1) is 15.2. The van der Waals surface area contributed by atoms with Gasteiger partial charge in [0.15, 0.2) is 0 Å². The van der Waals surface area contributed by atoms with Gasteiger partial charge in [0.1, 0.15) is 6.10 Å². The maximum Gasteiger partial charge on any atom is 0.331 e. The van der Waals surface area contributed by atoms with E-state index < -0.39 is 29.4 Å². The van der Waals surface area contributed by atoms with Gasteiger partial charge in [-0.25, -0.2) is 9.59 Å². The van der Waals surface area contributed by atoms with Gasteiger partial charge in [0.05, 0.1) is 12.5 Å². The van der Waals surface area contributed by atoms with E-state index in [1.54, 1.807) is 13.8 Å². The lowest BCUT2D eigenvalue weighted by molar-refractivity contribution is -0.164. The van der Waals surface area contributed by atoms with Crippen LogP contribution in [0, 0.1) is 5.41 Å². The molecule has 0 bridgehead atoms. The molecule has 0 saturated heterocycles. The van der Waals surface area contributed by atoms with Gasteiger partial charge in [-0.3, -0.25) is 4.79 Å². The van der Waals surface area contributed by atoms with Gasteiger partial charge in [0.25, 0.3) is 0 Å². The van der Waals surface area contributed by atoms with Gasteiger partial charge >= 0.3 is 17.9 Å². The number of ether oxygens (including phenoxy) is 2. The SMILES string of the molecule is COC(=O)C(C)(C)C(C)OC(=O)/C=C/C(=O)O. The van der Waals surface area contributed by atoms with Crippen LogP contribution in [0.1, 0.15) is 20.8 Å². The van der Waals surface area contributed by atoms with E-state index in [1.165, 1.54) is 14.0 Å². The number of carboxylic acid groups (broad SMARTS) is 1. The molecule has 0 aromatic carbocycles. The monoisotopic (exact) mass is 244 g/mol. The quantitative estimate of drug-likeness (QED) is 0.567. The van der Waals surface area contributed by atoms with E-state index in [0.29, 0.717) is 6.08 Å². The average Bonchev–Trinajstić information content (AvgIpc) is 2.24. The molecular weight excluding hydrogens is 228 g/mol. The predicted molar refractivity (Wildman–Crippen MR) is 58.1 cm³/mol. The van der Waals surface area contributed by atoms with Crippen LogP contribution in [0.2, 0.25) is 0 Å². The van der Waals surface area contributed by atoms with Crippen LogP contribution in [0.4, 0.5) is 0 Å². The van der Waals surface area contributed by atoms with E-state index in [2.05, 4.69) is 4.74 Å². The summed E-state index contributed by atoms with van der Waals surface area (Å²) in [6, 6.07) is 0. The first-order chi connectivity index (χ1) is 7.71. The smallest absolute Gasteiger partial charge is 0.331 e. The molecule has 0 amide bonds. The van der Waals surface area contributed by atoms with Gasteiger partial charge in [-0.15, -0.1) is 0 Å². The molecule has 6 nitrogen and oxygen atoms in total. The van der Waals surface area contributed by atoms with E-state index >= 15 is 0 Å². The molecule has 1 atom stereocenters. The number of hydrogen-bond donors (Lipinski definition) is 1. The Morgan fingerprint density at radius 3 is 2.18 bits per heavy atom. The second-order valence-electron chi connectivity index (χ2n) is 3.96. The van der Waals surface area contributed by atoms with Crippen LogP contribution in [-0.4, -0.2) is 36.2 Å². The van der Waals surface area contributed by atoms with Crippen LogP contribution in [0.5, 0.6) is 0 Å². The minimum absolute atomic E-state index is 0.514. The van der Waals surface area contributed by atoms with Crippen molar-refractivity contribution < 1.29 is 29.0 Å². The zero-order chi connectivity index (χ0) is 13.6. The van der Waals surface area contributed by atoms with Crippen molar-refractivity contribution >= 4 is 17.9 Å². The summed E-state index contributed by atoms with van der Waals surface area (Å²) in [5, 5.41) is 8.31. The molecule has 0 fully saturated rings. The third-order valence-corrected chi connectivity index (χ3v) is 2.38. The molecule has 0 saturated carbocycles. The maximum absolute atomic E-state index is 11.4. The zero-order valence-corrected chi connectivity index (χ0v) is 10.2. The normalized spacial score (nSPS) is 13.2. The van der Waals surface area contributed by atoms with Crippen LogP contribution in [-0.2, 0) is 23.9 Å². The van der Waals surface area contributed by atoms with E-state index in [4.69, 9.17) is 9.84 Å². The van der Waals surface area contributed by atoms with Gasteiger partial charge < -0.3 is 14.6 Å². The Morgan fingerprint density at radius 2 is 1.76 bits per heavy atom. The number of carboxylic acids is 1. The molecular formula is C11H16O6. The molecule has 0 aliphatic rings. The van der Waals surface area contributed by atoms with Gasteiger partial charge in [-0.2, -0.15) is 0 Å². The Hall–Kier alpha value is -1.85. The van der Waals surface area contributed by atoms with Crippen molar-refractivity contribution in [1.29, 1.82) is 0 Å². The first-order valence-corrected chi connectivity index (χ1v) is 4.91. The van der Waals surface area contributed by atoms with Crippen LogP contribution >= 0.6 is 0 Å². The number of carbonyl (C=O) groups is 3. The van der Waals surface area contributed by atoms with E-state index in [-0.39, 0.29) is 0 Å². The third kappa shape index (κ3) is 4.67. The minimum Gasteiger partial charge on any atom is -0.478 e. The van der Waals surface area contributed by atoms with Crippen molar-refractivity contribution in [2.24, 2.45) is 5.41 Å². The lowest BCUT2D eigenvalue weighted by atomic mass is 9.87. The van der Waals surface area contributed by atoms with Crippen molar-refractivity contribution in [3.05, 3.63) is 12.2 Å². The molecule has 0 aromatic heterocycles. The Bertz CT molecular complexity index is 342. The number of methoxy groups -OCH3 is 1. The van der Waals surface area contributed by atoms with Crippen LogP contribution in [0.3, 0.4) is 0 Å². The fraction of sp³-hybridized carbons (Fsp3) is 0.545. The van der Waals surface area contributed by atoms with Crippen molar-refractivity contribution in [3.63, 3.8) is 0 Å². The molecule has 6 heteroatoms. The molecule has 0 rings (SSSR count). The summed E-state index contributed by atoms with van der Waals surface area (Å²) in [7, 11) is 1.24. The van der Waals surface area contributed by atoms with Crippen LogP contribution in [0.15, 0.2) is 12.2 Å². The van der Waals surface area contributed by atoms with Gasteiger partial charge in [0, 0.05) is 12.2 Å². The molecule has 0 aliphatic heterocycles. The molecule has 0 spiro atoms. The molecule has 0 heterocycles. The van der Waals surface area contributed by atoms with Crippen LogP contribution in [0.25, 0.3) is 0 Å². The van der Waals surface area contributed by atoms with E-state index in [9.17, 15) is 14.4 Å². The third-order valence-electron chi connectivity index (χ3n) is 2.38. The van der Waals surface area contributed by atoms with Crippen LogP contribution < -0.4 is 0 Å². The summed E-state index contributed by atoms with van der Waals surface area (Å²) in [6.45, 7) is 4.67. The fourth-order valence-electron chi connectivity index (χ4n) is 0.929. The van der Waals surface area contributed by atoms with E-state index in [1.807, 2.05) is 0 Å². The maximum atomic E-state index is 11.4. The van der Waals surface area contributed by atoms with Crippen molar-refractivity contribution in [2.45, 2.75) is 26.9 Å². The highest BCUT2D eigenvalue weighted by atomic mass is 16.6. The Morgan fingerprint density at radius 1 is 1.24 bits per heavy atom. The number of esters is 2. The van der Waals surface area contributed by atoms with Gasteiger partial charge in [0.2, 0.25) is 0 Å². The number of aliphatic carboxylic acids is 1. The Balaban J connectivity index is 4.54. The summed E-state index contributed by atoms with van der Waals surface area (Å²) in [6.07, 6.45) is 0.715. The van der Waals surface area contributed by atoms with Gasteiger partial charge in [-0.05, 0) is 20.8 Å². The molecule has 17 heavy (non-hydrogen) atoms. The summed E-state index contributed by atoms with van der Waals surface area (Å²) < 4.78 is 9.47. The summed E-state index contributed by atoms with van der Waals surface area (Å²) in [4.78, 5) is 32.8. The number of rotatable bonds is 5. The molecule has 0 radical (unpaired) electrons. The summed E-state index contributed by atoms with van der Waals surface area (Å²) in [5.41, 5.74) is -0.999. The van der Waals surface area contributed by atoms with Crippen molar-refractivity contribution in [2.75, 3.05) is 7.11 Å². The topological polar surface area (TPSA) is 89.9 Å². The second-order valence-corrected chi connectivity index (χ2v) is 3.96. The van der Waals surface area contributed by atoms with Crippen molar-refractivity contribution in [1.82, 2.24) is 0 Å². The Kier molecular flexibility index (Phi) is 5.37. The van der Waals surface area contributed by atoms with Crippen molar-refractivity contribution in [3.8, 4) is 0 Å². The lowest BCUT2D eigenvalue weighted by Crippen LogP contribution is -2.39. The summed E-state index contributed by atoms with van der Waals surface area (Å²) >= 11 is 0. The number of hydrogen-bond acceptors (Lipinski definition) is 5. The average molecular weight is 244 g/mol. The largest absolute Gasteiger partial charge is 0.478 e. The summed E-state index contributed by atoms with van der Waals surface area (Å²) in [5.74, 6) is -2.58. The molecule has 0 aliphatic carbocycles. The standard InChI is InChI=1S/C11H16O6/c1-7(11(2,3)10(15)16-4)17-9(14)6-5-8(12)13/h5-7H,1-4H3,(H,12,13)/b6-5+. The zero-order valence-electron chi connectivity index (χ0n) is 10.2. The molecule has 96 valence electrons. The highest BCUT2D eigenvalue weighted by Crippen LogP contribution is 2.24. The lowest BCUT2D eigenvalue weighted by Gasteiger charge is -2.27. The predicted octanol–water partition coefficient (Wildman–Crippen LogP) is 0.758. The molecule has 1 N–H and O–H groups in total. The highest BCUT2D eigenvalue weighted by Gasteiger charge is 2.37. The van der Waals surface area contributed by atoms with Gasteiger partial charge in [-0.1, -0.05) is 0 Å². The molecule has 0 aromatic rings. The minimum atomic E-state index is -1.25. The fourth-order valence-corrected chi connectivity index (χ4v) is 0.929. The van der Waals surface area contributed by atoms with E-state index in [0.717, 1.165) is 6.08 Å². The second kappa shape index (κ2) is 6.03.